The SMILES string of the molecule is C1=COC2=C(CCCCCCN(Cc3ccccc3)C3=CCOC=C3COCCN(Cc3ccccc3)CC2)O1. The highest BCUT2D eigenvalue weighted by Crippen LogP contribution is 2.26. The van der Waals surface area contributed by atoms with Crippen LogP contribution in [0.15, 0.2) is 108 Å². The standard InChI is InChI=1S/C34H42N2O4/c1-2-10-18-36(26-30-13-7-4-8-14-30)32-17-21-37-27-31(32)28-38-22-20-35(25-29-11-5-3-6-12-29)19-16-34-33(15-9-1)39-23-24-40-34/h3-8,11-14,17,23-24,27H,1-2,9-10,15-16,18-22,25-26,28H2. The van der Waals surface area contributed by atoms with Crippen LogP contribution in [0.4, 0.5) is 0 Å². The first-order valence-electron chi connectivity index (χ1n) is 14.7. The van der Waals surface area contributed by atoms with Gasteiger partial charge in [-0.3, -0.25) is 4.90 Å². The zero-order valence-electron chi connectivity index (χ0n) is 23.5. The lowest BCUT2D eigenvalue weighted by Crippen LogP contribution is -2.30. The van der Waals surface area contributed by atoms with Crippen molar-refractivity contribution in [2.24, 2.45) is 0 Å². The molecular weight excluding hydrogens is 500 g/mol. The Morgan fingerprint density at radius 1 is 0.675 bits per heavy atom. The lowest BCUT2D eigenvalue weighted by molar-refractivity contribution is 0.109. The maximum atomic E-state index is 6.29. The number of ether oxygens (including phenoxy) is 4. The van der Waals surface area contributed by atoms with Gasteiger partial charge in [0.2, 0.25) is 0 Å². The normalized spacial score (nSPS) is 19.9. The third kappa shape index (κ3) is 8.51. The van der Waals surface area contributed by atoms with Gasteiger partial charge in [-0.15, -0.1) is 0 Å². The number of allylic oxidation sites excluding steroid dienone is 1. The van der Waals surface area contributed by atoms with Crippen LogP contribution in [0.2, 0.25) is 0 Å². The Kier molecular flexibility index (Phi) is 10.8. The molecule has 3 aliphatic heterocycles. The first-order valence-corrected chi connectivity index (χ1v) is 14.7. The quantitative estimate of drug-likeness (QED) is 0.419. The Hall–Kier alpha value is -3.48. The number of nitrogens with zero attached hydrogens (tertiary/aromatic N) is 2. The van der Waals surface area contributed by atoms with E-state index in [1.54, 1.807) is 12.5 Å². The molecule has 0 N–H and O–H groups in total. The molecule has 0 aromatic heterocycles. The molecule has 3 aliphatic rings. The molecule has 0 unspecified atom stereocenters. The molecule has 0 saturated carbocycles. The average molecular weight is 543 g/mol. The molecule has 212 valence electrons. The van der Waals surface area contributed by atoms with Gasteiger partial charge in [0.25, 0.3) is 0 Å². The molecule has 2 aromatic carbocycles. The minimum absolute atomic E-state index is 0.535. The Balaban J connectivity index is 1.30. The van der Waals surface area contributed by atoms with E-state index in [1.807, 2.05) is 6.26 Å². The fourth-order valence-corrected chi connectivity index (χ4v) is 5.43. The summed E-state index contributed by atoms with van der Waals surface area (Å²) in [7, 11) is 0. The molecule has 6 heteroatoms. The molecule has 0 radical (unpaired) electrons. The van der Waals surface area contributed by atoms with Crippen LogP contribution in [0.25, 0.3) is 0 Å². The highest BCUT2D eigenvalue weighted by atomic mass is 16.5. The van der Waals surface area contributed by atoms with Gasteiger partial charge in [-0.25, -0.2) is 0 Å². The fourth-order valence-electron chi connectivity index (χ4n) is 5.43. The summed E-state index contributed by atoms with van der Waals surface area (Å²) in [6.45, 7) is 6.22. The van der Waals surface area contributed by atoms with Crippen molar-refractivity contribution in [1.29, 1.82) is 0 Å². The molecule has 0 bridgehead atoms. The molecular formula is C34H42N2O4. The van der Waals surface area contributed by atoms with Gasteiger partial charge in [-0.1, -0.05) is 73.5 Å². The summed E-state index contributed by atoms with van der Waals surface area (Å²) in [4.78, 5) is 4.94. The maximum Gasteiger partial charge on any atom is 0.143 e. The van der Waals surface area contributed by atoms with Crippen molar-refractivity contribution < 1.29 is 18.9 Å². The third-order valence-corrected chi connectivity index (χ3v) is 7.57. The Morgan fingerprint density at radius 2 is 1.38 bits per heavy atom. The highest BCUT2D eigenvalue weighted by molar-refractivity contribution is 5.32. The largest absolute Gasteiger partial charge is 0.497 e. The van der Waals surface area contributed by atoms with Gasteiger partial charge >= 0.3 is 0 Å². The fraction of sp³-hybridized carbons (Fsp3) is 0.412. The second kappa shape index (κ2) is 15.3. The van der Waals surface area contributed by atoms with Crippen molar-refractivity contribution in [2.45, 2.75) is 51.6 Å². The molecule has 40 heavy (non-hydrogen) atoms. The van der Waals surface area contributed by atoms with E-state index in [0.29, 0.717) is 19.8 Å². The van der Waals surface area contributed by atoms with Gasteiger partial charge in [0, 0.05) is 56.8 Å². The Bertz CT molecular complexity index is 1170. The lowest BCUT2D eigenvalue weighted by atomic mass is 10.1. The minimum atomic E-state index is 0.535. The van der Waals surface area contributed by atoms with Crippen LogP contribution in [0.5, 0.6) is 0 Å². The smallest absolute Gasteiger partial charge is 0.143 e. The molecule has 2 aromatic rings. The molecule has 0 spiro atoms. The third-order valence-electron chi connectivity index (χ3n) is 7.57. The van der Waals surface area contributed by atoms with Crippen molar-refractivity contribution >= 4 is 0 Å². The first-order chi connectivity index (χ1) is 19.8. The minimum Gasteiger partial charge on any atom is -0.497 e. The summed E-state index contributed by atoms with van der Waals surface area (Å²) < 4.78 is 23.9. The van der Waals surface area contributed by atoms with Crippen LogP contribution in [-0.2, 0) is 32.0 Å². The average Bonchev–Trinajstić information content (AvgIpc) is 3.00. The van der Waals surface area contributed by atoms with Crippen LogP contribution in [0.1, 0.15) is 49.7 Å². The zero-order valence-corrected chi connectivity index (χ0v) is 23.5. The predicted molar refractivity (Wildman–Crippen MR) is 158 cm³/mol. The molecule has 3 heterocycles. The second-order valence-electron chi connectivity index (χ2n) is 10.6. The molecule has 5 rings (SSSR count). The number of rotatable bonds is 4. The van der Waals surface area contributed by atoms with Crippen molar-refractivity contribution in [2.75, 3.05) is 39.5 Å². The number of hydrogen-bond acceptors (Lipinski definition) is 6. The van der Waals surface area contributed by atoms with Crippen molar-refractivity contribution in [1.82, 2.24) is 9.80 Å². The Morgan fingerprint density at radius 3 is 2.15 bits per heavy atom. The van der Waals surface area contributed by atoms with Gasteiger partial charge in [-0.05, 0) is 30.0 Å². The lowest BCUT2D eigenvalue weighted by Gasteiger charge is -2.31. The number of hydrogen-bond donors (Lipinski definition) is 0. The molecule has 0 amide bonds. The van der Waals surface area contributed by atoms with E-state index in [2.05, 4.69) is 76.5 Å². The van der Waals surface area contributed by atoms with Crippen LogP contribution in [-0.4, -0.2) is 49.3 Å². The molecule has 0 saturated heterocycles. The summed E-state index contributed by atoms with van der Waals surface area (Å²) in [5.74, 6) is 1.93. The number of fused-ring (bicyclic) bond motifs is 1. The summed E-state index contributed by atoms with van der Waals surface area (Å²) in [6.07, 6.45) is 13.7. The van der Waals surface area contributed by atoms with Crippen molar-refractivity contribution in [3.8, 4) is 0 Å². The van der Waals surface area contributed by atoms with Gasteiger partial charge in [0.15, 0.2) is 0 Å². The second-order valence-corrected chi connectivity index (χ2v) is 10.6. The van der Waals surface area contributed by atoms with E-state index in [-0.39, 0.29) is 0 Å². The zero-order chi connectivity index (χ0) is 27.2. The van der Waals surface area contributed by atoms with E-state index < -0.39 is 0 Å². The molecule has 0 fully saturated rings. The van der Waals surface area contributed by atoms with E-state index in [9.17, 15) is 0 Å². The van der Waals surface area contributed by atoms with Crippen LogP contribution >= 0.6 is 0 Å². The van der Waals surface area contributed by atoms with Crippen LogP contribution in [0, 0.1) is 0 Å². The van der Waals surface area contributed by atoms with Gasteiger partial charge in [-0.2, -0.15) is 0 Å². The van der Waals surface area contributed by atoms with E-state index in [0.717, 1.165) is 81.9 Å². The van der Waals surface area contributed by atoms with E-state index in [1.165, 1.54) is 23.2 Å². The predicted octanol–water partition coefficient (Wildman–Crippen LogP) is 6.89. The topological polar surface area (TPSA) is 43.4 Å². The monoisotopic (exact) mass is 542 g/mol. The first kappa shape index (κ1) is 28.1. The van der Waals surface area contributed by atoms with Gasteiger partial charge in [0.1, 0.15) is 30.6 Å². The molecule has 6 nitrogen and oxygen atoms in total. The van der Waals surface area contributed by atoms with Crippen molar-refractivity contribution in [3.63, 3.8) is 0 Å². The molecule has 0 aliphatic carbocycles. The number of benzene rings is 2. The summed E-state index contributed by atoms with van der Waals surface area (Å²) in [5.41, 5.74) is 4.97. The summed E-state index contributed by atoms with van der Waals surface area (Å²) in [6, 6.07) is 21.4. The Labute approximate surface area is 239 Å². The van der Waals surface area contributed by atoms with E-state index in [4.69, 9.17) is 18.9 Å². The van der Waals surface area contributed by atoms with E-state index >= 15 is 0 Å². The van der Waals surface area contributed by atoms with Crippen LogP contribution in [0.3, 0.4) is 0 Å². The highest BCUT2D eigenvalue weighted by Gasteiger charge is 2.19. The summed E-state index contributed by atoms with van der Waals surface area (Å²) in [5, 5.41) is 0. The van der Waals surface area contributed by atoms with Crippen LogP contribution < -0.4 is 0 Å². The van der Waals surface area contributed by atoms with Crippen molar-refractivity contribution in [3.05, 3.63) is 119 Å². The van der Waals surface area contributed by atoms with Gasteiger partial charge in [0.05, 0.1) is 19.5 Å². The summed E-state index contributed by atoms with van der Waals surface area (Å²) >= 11 is 0. The maximum absolute atomic E-state index is 6.29. The molecule has 0 atom stereocenters. The van der Waals surface area contributed by atoms with Gasteiger partial charge < -0.3 is 23.8 Å².